The van der Waals surface area contributed by atoms with E-state index in [2.05, 4.69) is 36.2 Å². The Labute approximate surface area is 232 Å². The maximum Gasteiger partial charge on any atom is 0.490 e. The first-order valence-electron chi connectivity index (χ1n) is 12.3. The van der Waals surface area contributed by atoms with Crippen molar-refractivity contribution in [3.05, 3.63) is 46.1 Å². The van der Waals surface area contributed by atoms with Gasteiger partial charge in [0.1, 0.15) is 22.0 Å². The number of rotatable bonds is 12. The van der Waals surface area contributed by atoms with Gasteiger partial charge < -0.3 is 25.1 Å². The number of imidazole rings is 1. The summed E-state index contributed by atoms with van der Waals surface area (Å²) in [6.07, 6.45) is 1.59. The highest BCUT2D eigenvalue weighted by Crippen LogP contribution is 2.27. The zero-order valence-corrected chi connectivity index (χ0v) is 23.5. The highest BCUT2D eigenvalue weighted by atomic mass is 79.9. The lowest BCUT2D eigenvalue weighted by atomic mass is 10.0. The van der Waals surface area contributed by atoms with Crippen molar-refractivity contribution in [2.45, 2.75) is 71.0 Å². The number of ether oxygens (including phenoxy) is 1. The summed E-state index contributed by atoms with van der Waals surface area (Å²) in [4.78, 5) is 44.3. The van der Waals surface area contributed by atoms with Crippen LogP contribution in [0.15, 0.2) is 29.0 Å². The van der Waals surface area contributed by atoms with Gasteiger partial charge in [-0.15, -0.1) is 0 Å². The molecule has 9 nitrogen and oxygen atoms in total. The van der Waals surface area contributed by atoms with E-state index in [1.54, 1.807) is 13.3 Å². The number of alkyl halides is 3. The number of nitrogens with zero attached hydrogens (tertiary/aromatic N) is 1. The largest absolute Gasteiger partial charge is 0.497 e. The Morgan fingerprint density at radius 3 is 2.44 bits per heavy atom. The van der Waals surface area contributed by atoms with Crippen molar-refractivity contribution >= 4 is 44.5 Å². The Hall–Kier alpha value is -3.35. The van der Waals surface area contributed by atoms with Crippen LogP contribution in [-0.2, 0) is 20.8 Å². The third kappa shape index (κ3) is 10.0. The standard InChI is InChI=1S/C24H31BrN4O3.C2HF3O2/c1-4-16(30)8-6-5-7-9-21(24-26-14-22(25)29-24)28-23(31)13-18-15(2)27-20-11-10-17(32-3)12-19(18)20;3-2(4,5)1(6)7/h10-12,14,21,27H,4-9,13H2,1-3H3,(H,26,29)(H,28,31);(H,6,7)/t21-;/m0./s1. The van der Waals surface area contributed by atoms with Crippen LogP contribution < -0.4 is 10.1 Å². The number of amides is 1. The molecule has 0 bridgehead atoms. The average Bonchev–Trinajstić information content (AvgIpc) is 3.44. The molecule has 4 N–H and O–H groups in total. The molecule has 0 saturated carbocycles. The minimum absolute atomic E-state index is 0.0597. The Kier molecular flexibility index (Phi) is 12.0. The van der Waals surface area contributed by atoms with Gasteiger partial charge in [-0.3, -0.25) is 9.59 Å². The summed E-state index contributed by atoms with van der Waals surface area (Å²) in [5.74, 6) is -1.02. The highest BCUT2D eigenvalue weighted by Gasteiger charge is 2.38. The summed E-state index contributed by atoms with van der Waals surface area (Å²) in [6.45, 7) is 3.88. The fourth-order valence-corrected chi connectivity index (χ4v) is 4.22. The monoisotopic (exact) mass is 616 g/mol. The van der Waals surface area contributed by atoms with Crippen LogP contribution in [-0.4, -0.2) is 51.0 Å². The van der Waals surface area contributed by atoms with Crippen molar-refractivity contribution in [2.24, 2.45) is 0 Å². The van der Waals surface area contributed by atoms with Crippen molar-refractivity contribution < 1.29 is 37.4 Å². The second kappa shape index (κ2) is 14.7. The van der Waals surface area contributed by atoms with E-state index in [0.717, 1.165) is 64.0 Å². The van der Waals surface area contributed by atoms with Gasteiger partial charge in [0.15, 0.2) is 0 Å². The zero-order valence-electron chi connectivity index (χ0n) is 21.9. The van der Waals surface area contributed by atoms with Crippen molar-refractivity contribution in [3.63, 3.8) is 0 Å². The number of hydrogen-bond donors (Lipinski definition) is 4. The van der Waals surface area contributed by atoms with Crippen molar-refractivity contribution in [1.29, 1.82) is 0 Å². The first-order valence-corrected chi connectivity index (χ1v) is 13.1. The molecule has 0 aliphatic rings. The lowest BCUT2D eigenvalue weighted by Crippen LogP contribution is -2.30. The van der Waals surface area contributed by atoms with Crippen molar-refractivity contribution in [1.82, 2.24) is 20.3 Å². The van der Waals surface area contributed by atoms with Crippen LogP contribution in [0.25, 0.3) is 10.9 Å². The number of halogens is 4. The minimum Gasteiger partial charge on any atom is -0.497 e. The van der Waals surface area contributed by atoms with E-state index in [0.29, 0.717) is 18.6 Å². The zero-order chi connectivity index (χ0) is 29.2. The number of fused-ring (bicyclic) bond motifs is 1. The second-order valence-electron chi connectivity index (χ2n) is 8.85. The van der Waals surface area contributed by atoms with Crippen LogP contribution >= 0.6 is 15.9 Å². The predicted octanol–water partition coefficient (Wildman–Crippen LogP) is 5.93. The maximum absolute atomic E-state index is 13.0. The molecule has 2 heterocycles. The number of hydrogen-bond acceptors (Lipinski definition) is 5. The van der Waals surface area contributed by atoms with Gasteiger partial charge in [0.2, 0.25) is 5.91 Å². The summed E-state index contributed by atoms with van der Waals surface area (Å²) in [5.41, 5.74) is 2.93. The highest BCUT2D eigenvalue weighted by molar-refractivity contribution is 9.10. The molecule has 0 aliphatic carbocycles. The summed E-state index contributed by atoms with van der Waals surface area (Å²) in [5, 5.41) is 11.3. The summed E-state index contributed by atoms with van der Waals surface area (Å²) in [6, 6.07) is 5.62. The number of benzene rings is 1. The lowest BCUT2D eigenvalue weighted by molar-refractivity contribution is -0.192. The second-order valence-corrected chi connectivity index (χ2v) is 9.70. The molecule has 0 spiro atoms. The average molecular weight is 617 g/mol. The first kappa shape index (κ1) is 31.9. The van der Waals surface area contributed by atoms with Crippen molar-refractivity contribution in [3.8, 4) is 5.75 Å². The molecular formula is C26H32BrF3N4O5. The summed E-state index contributed by atoms with van der Waals surface area (Å²) >= 11 is 3.40. The smallest absolute Gasteiger partial charge is 0.490 e. The molecule has 0 saturated heterocycles. The van der Waals surface area contributed by atoms with Crippen LogP contribution in [0.5, 0.6) is 5.75 Å². The number of methoxy groups -OCH3 is 1. The number of carboxylic acid groups (broad SMARTS) is 1. The number of unbranched alkanes of at least 4 members (excludes halogenated alkanes) is 2. The summed E-state index contributed by atoms with van der Waals surface area (Å²) in [7, 11) is 1.64. The lowest BCUT2D eigenvalue weighted by Gasteiger charge is -2.17. The van der Waals surface area contributed by atoms with E-state index >= 15 is 0 Å². The molecular weight excluding hydrogens is 585 g/mol. The number of ketones is 1. The number of aromatic nitrogens is 3. The van der Waals surface area contributed by atoms with Crippen LogP contribution in [0.4, 0.5) is 13.2 Å². The number of aromatic amines is 2. The SMILES string of the molecule is CCC(=O)CCCCC[C@H](NC(=O)Cc1c(C)[nH]c2ccc(OC)cc12)c1ncc(Br)[nH]1.O=C(O)C(F)(F)F. The molecule has 13 heteroatoms. The fraction of sp³-hybridized carbons (Fsp3) is 0.462. The van der Waals surface area contributed by atoms with Gasteiger partial charge in [-0.1, -0.05) is 19.8 Å². The van der Waals surface area contributed by atoms with Gasteiger partial charge in [0, 0.05) is 29.4 Å². The fourth-order valence-electron chi connectivity index (χ4n) is 3.91. The molecule has 1 atom stereocenters. The van der Waals surface area contributed by atoms with Crippen LogP contribution in [0.1, 0.15) is 68.6 Å². The Bertz CT molecular complexity index is 1270. The van der Waals surface area contributed by atoms with E-state index in [1.165, 1.54) is 0 Å². The number of Topliss-reactive ketones (excluding diaryl/α,β-unsaturated/α-hetero) is 1. The topological polar surface area (TPSA) is 137 Å². The number of aliphatic carboxylic acids is 1. The quantitative estimate of drug-likeness (QED) is 0.186. The Balaban J connectivity index is 0.000000673. The van der Waals surface area contributed by atoms with E-state index < -0.39 is 12.1 Å². The molecule has 214 valence electrons. The molecule has 0 radical (unpaired) electrons. The molecule has 3 rings (SSSR count). The van der Waals surface area contributed by atoms with Gasteiger partial charge in [0.05, 0.1) is 25.8 Å². The van der Waals surface area contributed by atoms with Gasteiger partial charge >= 0.3 is 12.1 Å². The Morgan fingerprint density at radius 2 is 1.87 bits per heavy atom. The van der Waals surface area contributed by atoms with E-state index in [9.17, 15) is 22.8 Å². The van der Waals surface area contributed by atoms with Crippen LogP contribution in [0, 0.1) is 6.92 Å². The predicted molar refractivity (Wildman–Crippen MR) is 143 cm³/mol. The van der Waals surface area contributed by atoms with Crippen LogP contribution in [0.2, 0.25) is 0 Å². The van der Waals surface area contributed by atoms with E-state index in [4.69, 9.17) is 14.6 Å². The van der Waals surface area contributed by atoms with Crippen LogP contribution in [0.3, 0.4) is 0 Å². The van der Waals surface area contributed by atoms with Crippen molar-refractivity contribution in [2.75, 3.05) is 7.11 Å². The van der Waals surface area contributed by atoms with Gasteiger partial charge in [0.25, 0.3) is 0 Å². The molecule has 0 fully saturated rings. The van der Waals surface area contributed by atoms with E-state index in [1.807, 2.05) is 32.0 Å². The number of H-pyrrole nitrogens is 2. The minimum atomic E-state index is -5.08. The molecule has 1 amide bonds. The first-order chi connectivity index (χ1) is 18.3. The number of carboxylic acids is 1. The molecule has 39 heavy (non-hydrogen) atoms. The Morgan fingerprint density at radius 1 is 1.18 bits per heavy atom. The van der Waals surface area contributed by atoms with Gasteiger partial charge in [-0.2, -0.15) is 13.2 Å². The molecule has 2 aromatic heterocycles. The maximum atomic E-state index is 13.0. The van der Waals surface area contributed by atoms with Gasteiger partial charge in [-0.05, 0) is 59.5 Å². The molecule has 0 unspecified atom stereocenters. The molecule has 0 aliphatic heterocycles. The normalized spacial score (nSPS) is 12.0. The van der Waals surface area contributed by atoms with Gasteiger partial charge in [-0.25, -0.2) is 9.78 Å². The number of carbonyl (C=O) groups is 3. The number of aryl methyl sites for hydroxylation is 1. The van der Waals surface area contributed by atoms with E-state index in [-0.39, 0.29) is 18.4 Å². The summed E-state index contributed by atoms with van der Waals surface area (Å²) < 4.78 is 37.9. The number of nitrogens with one attached hydrogen (secondary N) is 3. The third-order valence-electron chi connectivity index (χ3n) is 5.98. The molecule has 1 aromatic carbocycles. The molecule has 3 aromatic rings. The number of carbonyl (C=O) groups excluding carboxylic acids is 2. The third-order valence-corrected chi connectivity index (χ3v) is 6.38.